The van der Waals surface area contributed by atoms with Crippen molar-refractivity contribution in [3.63, 3.8) is 0 Å². The SMILES string of the molecule is CCOC(=O)C[C@@](C#N)(C(=O)OC(C)(C)C)n1cccc1. The topological polar surface area (TPSA) is 81.3 Å². The monoisotopic (exact) mass is 292 g/mol. The zero-order valence-corrected chi connectivity index (χ0v) is 12.8. The van der Waals surface area contributed by atoms with Crippen molar-refractivity contribution < 1.29 is 19.1 Å². The Morgan fingerprint density at radius 1 is 1.24 bits per heavy atom. The third-order valence-corrected chi connectivity index (χ3v) is 2.67. The molecule has 0 aromatic carbocycles. The van der Waals surface area contributed by atoms with Crippen molar-refractivity contribution in [1.82, 2.24) is 4.57 Å². The van der Waals surface area contributed by atoms with Crippen LogP contribution < -0.4 is 0 Å². The maximum absolute atomic E-state index is 12.5. The normalized spacial score (nSPS) is 13.9. The molecule has 0 aliphatic carbocycles. The summed E-state index contributed by atoms with van der Waals surface area (Å²) >= 11 is 0. The molecule has 1 atom stereocenters. The first-order valence-electron chi connectivity index (χ1n) is 6.69. The summed E-state index contributed by atoms with van der Waals surface area (Å²) in [5.74, 6) is -1.40. The van der Waals surface area contributed by atoms with Crippen LogP contribution in [0.2, 0.25) is 0 Å². The van der Waals surface area contributed by atoms with Crippen LogP contribution in [-0.2, 0) is 24.6 Å². The molecule has 6 nitrogen and oxygen atoms in total. The quantitative estimate of drug-likeness (QED) is 0.775. The molecule has 0 fully saturated rings. The fraction of sp³-hybridized carbons (Fsp3) is 0.533. The Kier molecular flexibility index (Phi) is 5.14. The van der Waals surface area contributed by atoms with Gasteiger partial charge in [0.1, 0.15) is 11.7 Å². The number of ether oxygens (including phenoxy) is 2. The summed E-state index contributed by atoms with van der Waals surface area (Å²) in [6.45, 7) is 6.95. The van der Waals surface area contributed by atoms with Gasteiger partial charge < -0.3 is 14.0 Å². The Morgan fingerprint density at radius 3 is 2.24 bits per heavy atom. The van der Waals surface area contributed by atoms with E-state index >= 15 is 0 Å². The van der Waals surface area contributed by atoms with Crippen molar-refractivity contribution in [2.45, 2.75) is 45.3 Å². The predicted octanol–water partition coefficient (Wildman–Crippen LogP) is 2.00. The van der Waals surface area contributed by atoms with Gasteiger partial charge in [0.05, 0.1) is 13.0 Å². The van der Waals surface area contributed by atoms with Crippen LogP contribution in [0.1, 0.15) is 34.1 Å². The summed E-state index contributed by atoms with van der Waals surface area (Å²) in [6, 6.07) is 5.25. The molecule has 1 rings (SSSR count). The minimum atomic E-state index is -1.76. The average Bonchev–Trinajstić information content (AvgIpc) is 2.88. The van der Waals surface area contributed by atoms with Gasteiger partial charge in [-0.3, -0.25) is 4.79 Å². The van der Waals surface area contributed by atoms with Crippen molar-refractivity contribution >= 4 is 11.9 Å². The highest BCUT2D eigenvalue weighted by atomic mass is 16.6. The lowest BCUT2D eigenvalue weighted by Crippen LogP contribution is -2.46. The molecule has 0 saturated heterocycles. The molecular formula is C15H20N2O4. The van der Waals surface area contributed by atoms with E-state index in [-0.39, 0.29) is 6.61 Å². The molecule has 1 aromatic rings. The van der Waals surface area contributed by atoms with Crippen molar-refractivity contribution in [1.29, 1.82) is 5.26 Å². The molecule has 0 aliphatic rings. The van der Waals surface area contributed by atoms with Crippen molar-refractivity contribution in [2.24, 2.45) is 0 Å². The Hall–Kier alpha value is -2.29. The molecule has 0 N–H and O–H groups in total. The van der Waals surface area contributed by atoms with E-state index in [0.29, 0.717) is 0 Å². The first kappa shape index (κ1) is 16.8. The van der Waals surface area contributed by atoms with Crippen molar-refractivity contribution in [3.8, 4) is 6.07 Å². The van der Waals surface area contributed by atoms with E-state index < -0.39 is 29.5 Å². The van der Waals surface area contributed by atoms with Crippen LogP contribution >= 0.6 is 0 Å². The number of esters is 2. The lowest BCUT2D eigenvalue weighted by molar-refractivity contribution is -0.167. The number of aromatic nitrogens is 1. The summed E-state index contributed by atoms with van der Waals surface area (Å²) in [4.78, 5) is 24.3. The highest BCUT2D eigenvalue weighted by molar-refractivity contribution is 5.88. The molecule has 0 aliphatic heterocycles. The maximum atomic E-state index is 12.5. The number of nitriles is 1. The van der Waals surface area contributed by atoms with E-state index in [1.165, 1.54) is 4.57 Å². The molecule has 0 radical (unpaired) electrons. The zero-order valence-electron chi connectivity index (χ0n) is 12.8. The third kappa shape index (κ3) is 4.09. The van der Waals surface area contributed by atoms with Crippen LogP contribution in [0.25, 0.3) is 0 Å². The van der Waals surface area contributed by atoms with Crippen molar-refractivity contribution in [3.05, 3.63) is 24.5 Å². The first-order chi connectivity index (χ1) is 9.75. The number of nitrogens with zero attached hydrogens (tertiary/aromatic N) is 2. The second-order valence-corrected chi connectivity index (χ2v) is 5.55. The minimum absolute atomic E-state index is 0.181. The highest BCUT2D eigenvalue weighted by Gasteiger charge is 2.46. The number of carbonyl (C=O) groups excluding carboxylic acids is 2. The Morgan fingerprint density at radius 2 is 1.81 bits per heavy atom. The van der Waals surface area contributed by atoms with Gasteiger partial charge in [-0.05, 0) is 39.8 Å². The minimum Gasteiger partial charge on any atom is -0.466 e. The molecule has 21 heavy (non-hydrogen) atoms. The van der Waals surface area contributed by atoms with Crippen LogP contribution in [0, 0.1) is 11.3 Å². The molecule has 0 bridgehead atoms. The Bertz CT molecular complexity index is 537. The second-order valence-electron chi connectivity index (χ2n) is 5.55. The summed E-state index contributed by atoms with van der Waals surface area (Å²) in [5.41, 5.74) is -2.52. The first-order valence-corrected chi connectivity index (χ1v) is 6.69. The summed E-state index contributed by atoms with van der Waals surface area (Å²) < 4.78 is 11.5. The predicted molar refractivity (Wildman–Crippen MR) is 75.1 cm³/mol. The van der Waals surface area contributed by atoms with Gasteiger partial charge in [-0.15, -0.1) is 0 Å². The molecule has 1 aromatic heterocycles. The Labute approximate surface area is 124 Å². The lowest BCUT2D eigenvalue weighted by atomic mass is 9.96. The maximum Gasteiger partial charge on any atom is 0.348 e. The molecule has 0 amide bonds. The summed E-state index contributed by atoms with van der Waals surface area (Å²) in [5, 5.41) is 9.55. The van der Waals surface area contributed by atoms with Crippen LogP contribution in [-0.4, -0.2) is 28.7 Å². The lowest BCUT2D eigenvalue weighted by Gasteiger charge is -2.29. The molecule has 1 heterocycles. The number of hydrogen-bond donors (Lipinski definition) is 0. The average molecular weight is 292 g/mol. The van der Waals surface area contributed by atoms with Crippen LogP contribution in [0.15, 0.2) is 24.5 Å². The number of rotatable bonds is 5. The molecule has 0 saturated carbocycles. The third-order valence-electron chi connectivity index (χ3n) is 2.67. The molecule has 114 valence electrons. The molecule has 6 heteroatoms. The smallest absolute Gasteiger partial charge is 0.348 e. The standard InChI is InChI=1S/C15H20N2O4/c1-5-20-12(18)10-15(11-16,17-8-6-7-9-17)13(19)21-14(2,3)4/h6-9H,5,10H2,1-4H3/t15-/m1/s1. The van der Waals surface area contributed by atoms with Gasteiger partial charge in [-0.25, -0.2) is 4.79 Å². The molecular weight excluding hydrogens is 272 g/mol. The van der Waals surface area contributed by atoms with E-state index in [2.05, 4.69) is 0 Å². The van der Waals surface area contributed by atoms with Gasteiger partial charge in [0.2, 0.25) is 5.54 Å². The van der Waals surface area contributed by atoms with Gasteiger partial charge in [0, 0.05) is 12.4 Å². The number of hydrogen-bond acceptors (Lipinski definition) is 5. The van der Waals surface area contributed by atoms with Crippen LogP contribution in [0.4, 0.5) is 0 Å². The zero-order chi connectivity index (χ0) is 16.1. The molecule has 0 spiro atoms. The van der Waals surface area contributed by atoms with Crippen LogP contribution in [0.5, 0.6) is 0 Å². The molecule has 0 unspecified atom stereocenters. The summed E-state index contributed by atoms with van der Waals surface area (Å²) in [7, 11) is 0. The van der Waals surface area contributed by atoms with E-state index in [0.717, 1.165) is 0 Å². The van der Waals surface area contributed by atoms with Gasteiger partial charge in [0.25, 0.3) is 0 Å². The van der Waals surface area contributed by atoms with Gasteiger partial charge in [0.15, 0.2) is 0 Å². The fourth-order valence-corrected chi connectivity index (χ4v) is 1.78. The van der Waals surface area contributed by atoms with Gasteiger partial charge >= 0.3 is 11.9 Å². The van der Waals surface area contributed by atoms with E-state index in [1.54, 1.807) is 52.2 Å². The van der Waals surface area contributed by atoms with Crippen molar-refractivity contribution in [2.75, 3.05) is 6.61 Å². The summed E-state index contributed by atoms with van der Waals surface area (Å²) in [6.07, 6.45) is 2.69. The number of carbonyl (C=O) groups is 2. The van der Waals surface area contributed by atoms with Gasteiger partial charge in [-0.2, -0.15) is 5.26 Å². The van der Waals surface area contributed by atoms with E-state index in [1.807, 2.05) is 6.07 Å². The van der Waals surface area contributed by atoms with E-state index in [9.17, 15) is 14.9 Å². The highest BCUT2D eigenvalue weighted by Crippen LogP contribution is 2.26. The van der Waals surface area contributed by atoms with E-state index in [4.69, 9.17) is 9.47 Å². The largest absolute Gasteiger partial charge is 0.466 e. The van der Waals surface area contributed by atoms with Gasteiger partial charge in [-0.1, -0.05) is 0 Å². The fourth-order valence-electron chi connectivity index (χ4n) is 1.78. The van der Waals surface area contributed by atoms with Crippen LogP contribution in [0.3, 0.4) is 0 Å². The Balaban J connectivity index is 3.19. The second kappa shape index (κ2) is 6.44.